The molecule has 100 valence electrons. The van der Waals surface area contributed by atoms with E-state index in [0.717, 1.165) is 19.4 Å². The fourth-order valence-corrected chi connectivity index (χ4v) is 2.62. The van der Waals surface area contributed by atoms with Gasteiger partial charge in [0.15, 0.2) is 5.13 Å². The van der Waals surface area contributed by atoms with Crippen LogP contribution in [0.4, 0.5) is 5.13 Å². The number of carbonyl (C=O) groups is 1. The van der Waals surface area contributed by atoms with Gasteiger partial charge in [0.2, 0.25) is 0 Å². The van der Waals surface area contributed by atoms with E-state index in [-0.39, 0.29) is 5.60 Å². The lowest BCUT2D eigenvalue weighted by molar-refractivity contribution is -0.138. The minimum absolute atomic E-state index is 0.152. The number of hydrogen-bond acceptors (Lipinski definition) is 6. The highest BCUT2D eigenvalue weighted by atomic mass is 32.1. The molecule has 2 rings (SSSR count). The summed E-state index contributed by atoms with van der Waals surface area (Å²) in [5.41, 5.74) is 5.72. The molecular weight excluding hydrogens is 254 g/mol. The molecule has 2 atom stereocenters. The molecule has 0 radical (unpaired) electrons. The zero-order valence-electron chi connectivity index (χ0n) is 10.2. The summed E-state index contributed by atoms with van der Waals surface area (Å²) in [6.07, 6.45) is 2.10. The van der Waals surface area contributed by atoms with Gasteiger partial charge in [0.25, 0.3) is 0 Å². The first-order valence-corrected chi connectivity index (χ1v) is 6.70. The van der Waals surface area contributed by atoms with Crippen LogP contribution in [-0.2, 0) is 9.53 Å². The maximum absolute atomic E-state index is 10.7. The van der Waals surface area contributed by atoms with Crippen LogP contribution in [0.5, 0.6) is 0 Å². The number of nitrogens with one attached hydrogen (secondary N) is 1. The Hall–Kier alpha value is -1.18. The van der Waals surface area contributed by atoms with Crippen molar-refractivity contribution in [1.82, 2.24) is 4.98 Å². The maximum Gasteiger partial charge on any atom is 0.326 e. The summed E-state index contributed by atoms with van der Waals surface area (Å²) in [5.74, 6) is -1.07. The number of nitrogens with two attached hydrogens (primary N) is 1. The van der Waals surface area contributed by atoms with Gasteiger partial charge in [-0.05, 0) is 19.8 Å². The summed E-state index contributed by atoms with van der Waals surface area (Å²) < 4.78 is 5.65. The van der Waals surface area contributed by atoms with Gasteiger partial charge in [-0.2, -0.15) is 0 Å². The second-order valence-electron chi connectivity index (χ2n) is 4.65. The maximum atomic E-state index is 10.7. The van der Waals surface area contributed by atoms with E-state index in [0.29, 0.717) is 17.4 Å². The van der Waals surface area contributed by atoms with Crippen LogP contribution in [0.25, 0.3) is 0 Å². The lowest BCUT2D eigenvalue weighted by Gasteiger charge is -2.23. The Labute approximate surface area is 109 Å². The normalized spacial score (nSPS) is 25.0. The largest absolute Gasteiger partial charge is 0.480 e. The molecule has 1 aliphatic heterocycles. The van der Waals surface area contributed by atoms with E-state index in [2.05, 4.69) is 17.2 Å². The molecule has 1 aliphatic rings. The number of carboxylic acid groups (broad SMARTS) is 1. The Bertz CT molecular complexity index is 429. The van der Waals surface area contributed by atoms with Crippen molar-refractivity contribution in [2.75, 3.05) is 18.5 Å². The van der Waals surface area contributed by atoms with Crippen LogP contribution >= 0.6 is 11.3 Å². The zero-order valence-corrected chi connectivity index (χ0v) is 11.0. The first kappa shape index (κ1) is 13.3. The van der Waals surface area contributed by atoms with Crippen molar-refractivity contribution in [3.8, 4) is 0 Å². The molecule has 2 unspecified atom stereocenters. The van der Waals surface area contributed by atoms with Gasteiger partial charge in [-0.1, -0.05) is 0 Å². The van der Waals surface area contributed by atoms with Crippen molar-refractivity contribution in [1.29, 1.82) is 0 Å². The molecule has 1 aromatic heterocycles. The number of ether oxygens (including phenoxy) is 1. The van der Waals surface area contributed by atoms with Crippen molar-refractivity contribution in [2.24, 2.45) is 5.73 Å². The van der Waals surface area contributed by atoms with Gasteiger partial charge in [-0.3, -0.25) is 4.79 Å². The number of aliphatic carboxylic acids is 1. The standard InChI is InChI=1S/C11H17N3O3S/c1-11(3-2-4-17-11)6-13-10-14-7(5-18-10)8(12)9(15)16/h5,8H,2-4,6,12H2,1H3,(H,13,14)(H,15,16). The Morgan fingerprint density at radius 3 is 3.22 bits per heavy atom. The van der Waals surface area contributed by atoms with Crippen LogP contribution < -0.4 is 11.1 Å². The summed E-state index contributed by atoms with van der Waals surface area (Å²) in [4.78, 5) is 14.9. The third-order valence-corrected chi connectivity index (χ3v) is 3.84. The monoisotopic (exact) mass is 271 g/mol. The van der Waals surface area contributed by atoms with Crippen molar-refractivity contribution in [3.05, 3.63) is 11.1 Å². The lowest BCUT2D eigenvalue weighted by Crippen LogP contribution is -2.32. The number of anilines is 1. The predicted molar refractivity (Wildman–Crippen MR) is 68.8 cm³/mol. The highest BCUT2D eigenvalue weighted by Gasteiger charge is 2.29. The number of hydrogen-bond donors (Lipinski definition) is 3. The zero-order chi connectivity index (χ0) is 13.2. The van der Waals surface area contributed by atoms with Crippen LogP contribution in [0.3, 0.4) is 0 Å². The summed E-state index contributed by atoms with van der Waals surface area (Å²) in [5, 5.41) is 14.3. The van der Waals surface area contributed by atoms with Crippen LogP contribution in [0.15, 0.2) is 5.38 Å². The molecule has 0 amide bonds. The average molecular weight is 271 g/mol. The first-order valence-electron chi connectivity index (χ1n) is 5.82. The molecule has 0 aromatic carbocycles. The van der Waals surface area contributed by atoms with Crippen LogP contribution in [-0.4, -0.2) is 34.8 Å². The van der Waals surface area contributed by atoms with Crippen molar-refractivity contribution < 1.29 is 14.6 Å². The van der Waals surface area contributed by atoms with Gasteiger partial charge in [0, 0.05) is 18.5 Å². The molecule has 1 saturated heterocycles. The number of carboxylic acids is 1. The first-order chi connectivity index (χ1) is 8.50. The van der Waals surface area contributed by atoms with E-state index < -0.39 is 12.0 Å². The Morgan fingerprint density at radius 1 is 1.83 bits per heavy atom. The summed E-state index contributed by atoms with van der Waals surface area (Å²) in [6, 6.07) is -1.06. The number of thiazole rings is 1. The van der Waals surface area contributed by atoms with E-state index in [4.69, 9.17) is 15.6 Å². The Kier molecular flexibility index (Phi) is 3.84. The third-order valence-electron chi connectivity index (χ3n) is 3.02. The van der Waals surface area contributed by atoms with Gasteiger partial charge in [0.1, 0.15) is 6.04 Å². The summed E-state index contributed by atoms with van der Waals surface area (Å²) in [6.45, 7) is 3.53. The average Bonchev–Trinajstić information content (AvgIpc) is 2.95. The minimum atomic E-state index is -1.07. The summed E-state index contributed by atoms with van der Waals surface area (Å²) in [7, 11) is 0. The lowest BCUT2D eigenvalue weighted by atomic mass is 10.0. The second kappa shape index (κ2) is 5.21. The van der Waals surface area contributed by atoms with E-state index in [1.165, 1.54) is 11.3 Å². The van der Waals surface area contributed by atoms with E-state index in [1.54, 1.807) is 5.38 Å². The fraction of sp³-hybridized carbons (Fsp3) is 0.636. The van der Waals surface area contributed by atoms with Crippen LogP contribution in [0, 0.1) is 0 Å². The smallest absolute Gasteiger partial charge is 0.326 e. The van der Waals surface area contributed by atoms with Gasteiger partial charge < -0.3 is 20.9 Å². The molecule has 1 fully saturated rings. The van der Waals surface area contributed by atoms with E-state index >= 15 is 0 Å². The second-order valence-corrected chi connectivity index (χ2v) is 5.51. The highest BCUT2D eigenvalue weighted by Crippen LogP contribution is 2.26. The van der Waals surface area contributed by atoms with Crippen molar-refractivity contribution in [2.45, 2.75) is 31.4 Å². The molecule has 1 aromatic rings. The summed E-state index contributed by atoms with van der Waals surface area (Å²) >= 11 is 1.36. The van der Waals surface area contributed by atoms with E-state index in [1.807, 2.05) is 0 Å². The molecule has 7 heteroatoms. The molecule has 0 spiro atoms. The molecule has 0 aliphatic carbocycles. The van der Waals surface area contributed by atoms with Gasteiger partial charge in [-0.15, -0.1) is 11.3 Å². The quantitative estimate of drug-likeness (QED) is 0.744. The molecule has 2 heterocycles. The molecule has 0 saturated carbocycles. The van der Waals surface area contributed by atoms with Crippen molar-refractivity contribution >= 4 is 22.4 Å². The highest BCUT2D eigenvalue weighted by molar-refractivity contribution is 7.13. The van der Waals surface area contributed by atoms with Gasteiger partial charge >= 0.3 is 5.97 Å². The topological polar surface area (TPSA) is 97.5 Å². The molecular formula is C11H17N3O3S. The van der Waals surface area contributed by atoms with E-state index in [9.17, 15) is 4.79 Å². The van der Waals surface area contributed by atoms with Crippen LogP contribution in [0.2, 0.25) is 0 Å². The number of rotatable bonds is 5. The number of nitrogens with zero attached hydrogens (tertiary/aromatic N) is 1. The van der Waals surface area contributed by atoms with Crippen LogP contribution in [0.1, 0.15) is 31.5 Å². The Balaban J connectivity index is 1.92. The SMILES string of the molecule is CC1(CNc2nc(C(N)C(=O)O)cs2)CCCO1. The fourth-order valence-electron chi connectivity index (χ4n) is 1.88. The molecule has 6 nitrogen and oxygen atoms in total. The Morgan fingerprint density at radius 2 is 2.61 bits per heavy atom. The predicted octanol–water partition coefficient (Wildman–Crippen LogP) is 1.21. The number of aromatic nitrogens is 1. The van der Waals surface area contributed by atoms with Gasteiger partial charge in [-0.25, -0.2) is 4.98 Å². The molecule has 18 heavy (non-hydrogen) atoms. The van der Waals surface area contributed by atoms with Gasteiger partial charge in [0.05, 0.1) is 11.3 Å². The molecule has 4 N–H and O–H groups in total. The molecule has 0 bridgehead atoms. The third kappa shape index (κ3) is 2.98. The van der Waals surface area contributed by atoms with Crippen molar-refractivity contribution in [3.63, 3.8) is 0 Å². The minimum Gasteiger partial charge on any atom is -0.480 e.